The van der Waals surface area contributed by atoms with Crippen molar-refractivity contribution < 1.29 is 27.9 Å². The highest BCUT2D eigenvalue weighted by Gasteiger charge is 2.34. The number of rotatable bonds is 4. The quantitative estimate of drug-likeness (QED) is 0.592. The summed E-state index contributed by atoms with van der Waals surface area (Å²) in [7, 11) is 1.54. The number of nitrogens with one attached hydrogen (secondary N) is 1. The first kappa shape index (κ1) is 24.2. The third-order valence-electron chi connectivity index (χ3n) is 3.95. The fourth-order valence-corrected chi connectivity index (χ4v) is 2.71. The zero-order chi connectivity index (χ0) is 21.8. The molecule has 0 saturated carbocycles. The topological polar surface area (TPSA) is 110 Å². The number of aromatic hydroxyl groups is 1. The van der Waals surface area contributed by atoms with E-state index >= 15 is 0 Å². The first-order chi connectivity index (χ1) is 13.7. The van der Waals surface area contributed by atoms with E-state index in [1.54, 1.807) is 7.05 Å². The molecule has 0 unspecified atom stereocenters. The Morgan fingerprint density at radius 2 is 1.87 bits per heavy atom. The summed E-state index contributed by atoms with van der Waals surface area (Å²) in [6.07, 6.45) is -3.26. The van der Waals surface area contributed by atoms with Crippen LogP contribution in [0.25, 0.3) is 16.8 Å². The Labute approximate surface area is 170 Å². The van der Waals surface area contributed by atoms with Crippen molar-refractivity contribution in [3.63, 3.8) is 0 Å². The van der Waals surface area contributed by atoms with Crippen LogP contribution in [0.1, 0.15) is 23.5 Å². The van der Waals surface area contributed by atoms with Crippen LogP contribution in [0.2, 0.25) is 0 Å². The number of carbonyl (C=O) groups is 2. The van der Waals surface area contributed by atoms with Crippen molar-refractivity contribution in [1.29, 1.82) is 0 Å². The second-order valence-corrected chi connectivity index (χ2v) is 5.73. The van der Waals surface area contributed by atoms with Crippen LogP contribution in [0.3, 0.4) is 0 Å². The van der Waals surface area contributed by atoms with Gasteiger partial charge in [-0.15, -0.1) is 0 Å². The molecule has 0 aliphatic heterocycles. The number of nitrogens with zero attached hydrogens (tertiary/aromatic N) is 2. The van der Waals surface area contributed by atoms with E-state index in [1.165, 1.54) is 42.6 Å². The number of hydrogen-bond donors (Lipinski definition) is 3. The van der Waals surface area contributed by atoms with Gasteiger partial charge in [0, 0.05) is 7.05 Å². The van der Waals surface area contributed by atoms with Crippen molar-refractivity contribution in [2.24, 2.45) is 5.73 Å². The number of hydrogen-bond acceptors (Lipinski definition) is 5. The lowest BCUT2D eigenvalue weighted by molar-refractivity contribution is -0.137. The van der Waals surface area contributed by atoms with Gasteiger partial charge in [0.1, 0.15) is 12.5 Å². The van der Waals surface area contributed by atoms with Gasteiger partial charge in [-0.3, -0.25) is 4.79 Å². The largest absolute Gasteiger partial charge is 0.508 e. The fraction of sp³-hybridized carbons (Fsp3) is 0.150. The van der Waals surface area contributed by atoms with E-state index in [-0.39, 0.29) is 35.7 Å². The van der Waals surface area contributed by atoms with Gasteiger partial charge in [-0.05, 0) is 35.4 Å². The second kappa shape index (κ2) is 9.59. The van der Waals surface area contributed by atoms with E-state index < -0.39 is 17.6 Å². The summed E-state index contributed by atoms with van der Waals surface area (Å²) < 4.78 is 42.0. The summed E-state index contributed by atoms with van der Waals surface area (Å²) in [6, 6.07) is 9.22. The molecule has 0 bridgehead atoms. The van der Waals surface area contributed by atoms with Crippen LogP contribution < -0.4 is 11.1 Å². The van der Waals surface area contributed by atoms with Crippen molar-refractivity contribution in [1.82, 2.24) is 9.78 Å². The summed E-state index contributed by atoms with van der Waals surface area (Å²) in [5.74, 6) is -0.938. The normalized spacial score (nSPS) is 10.4. The first-order valence-corrected chi connectivity index (χ1v) is 8.08. The van der Waals surface area contributed by atoms with Crippen molar-refractivity contribution in [2.45, 2.75) is 13.6 Å². The Morgan fingerprint density at radius 3 is 2.37 bits per heavy atom. The number of aromatic nitrogens is 2. The van der Waals surface area contributed by atoms with Crippen molar-refractivity contribution in [2.75, 3.05) is 12.4 Å². The van der Waals surface area contributed by atoms with E-state index in [0.29, 0.717) is 5.69 Å². The number of benzene rings is 2. The zero-order valence-electron chi connectivity index (χ0n) is 15.2. The maximum absolute atomic E-state index is 13.6. The third kappa shape index (κ3) is 4.96. The van der Waals surface area contributed by atoms with Crippen LogP contribution in [-0.4, -0.2) is 34.6 Å². The highest BCUT2D eigenvalue weighted by molar-refractivity contribution is 5.96. The van der Waals surface area contributed by atoms with E-state index in [2.05, 4.69) is 10.4 Å². The number of alkyl halides is 3. The predicted octanol–water partition coefficient (Wildman–Crippen LogP) is 3.86. The lowest BCUT2D eigenvalue weighted by Gasteiger charge is -2.15. The molecule has 1 heterocycles. The van der Waals surface area contributed by atoms with Gasteiger partial charge in [0.15, 0.2) is 5.69 Å². The van der Waals surface area contributed by atoms with Gasteiger partial charge in [-0.25, -0.2) is 4.68 Å². The molecule has 7 nitrogen and oxygen atoms in total. The minimum atomic E-state index is -4.64. The van der Waals surface area contributed by atoms with Gasteiger partial charge in [0.2, 0.25) is 0 Å². The zero-order valence-corrected chi connectivity index (χ0v) is 15.2. The molecule has 160 valence electrons. The smallest absolute Gasteiger partial charge is 0.417 e. The van der Waals surface area contributed by atoms with Crippen LogP contribution >= 0.6 is 0 Å². The number of anilines is 1. The van der Waals surface area contributed by atoms with Crippen LogP contribution in [0, 0.1) is 0 Å². The number of primary amides is 1. The molecule has 0 saturated heterocycles. The van der Waals surface area contributed by atoms with Gasteiger partial charge in [0.25, 0.3) is 5.91 Å². The first-order valence-electron chi connectivity index (χ1n) is 8.08. The Balaban J connectivity index is 0.00000146. The van der Waals surface area contributed by atoms with Crippen molar-refractivity contribution in [3.05, 3.63) is 59.9 Å². The monoisotopic (exact) mass is 422 g/mol. The van der Waals surface area contributed by atoms with Crippen LogP contribution in [0.15, 0.2) is 48.7 Å². The van der Waals surface area contributed by atoms with E-state index in [4.69, 9.17) is 10.5 Å². The number of amides is 1. The molecule has 30 heavy (non-hydrogen) atoms. The van der Waals surface area contributed by atoms with E-state index in [9.17, 15) is 23.1 Å². The Bertz CT molecular complexity index is 1030. The molecule has 10 heteroatoms. The summed E-state index contributed by atoms with van der Waals surface area (Å²) in [5, 5.41) is 16.3. The molecule has 0 atom stereocenters. The Hall–Kier alpha value is -3.82. The summed E-state index contributed by atoms with van der Waals surface area (Å²) in [6.45, 7) is 2.00. The van der Waals surface area contributed by atoms with Gasteiger partial charge >= 0.3 is 6.18 Å². The number of carbonyl (C=O) groups excluding carboxylic acids is 2. The molecule has 1 aromatic heterocycles. The van der Waals surface area contributed by atoms with Crippen LogP contribution in [0.5, 0.6) is 5.75 Å². The van der Waals surface area contributed by atoms with Crippen molar-refractivity contribution >= 4 is 18.4 Å². The van der Waals surface area contributed by atoms with Gasteiger partial charge < -0.3 is 21.0 Å². The maximum Gasteiger partial charge on any atom is 0.417 e. The predicted molar refractivity (Wildman–Crippen MR) is 108 cm³/mol. The summed E-state index contributed by atoms with van der Waals surface area (Å²) in [4.78, 5) is 19.4. The average molecular weight is 422 g/mol. The van der Waals surface area contributed by atoms with Crippen LogP contribution in [-0.2, 0) is 11.0 Å². The molecule has 0 spiro atoms. The Morgan fingerprint density at radius 1 is 1.20 bits per heavy atom. The maximum atomic E-state index is 13.6. The highest BCUT2D eigenvalue weighted by Crippen LogP contribution is 2.39. The molecule has 3 rings (SSSR count). The molecule has 2 aromatic carbocycles. The minimum absolute atomic E-state index is 0. The SMILES string of the molecule is C.C=O.CNc1cn(-c2ccc(-c3cccc(O)c3)c(C(F)(F)F)c2)nc1C(N)=O. The lowest BCUT2D eigenvalue weighted by atomic mass is 9.98. The standard InChI is InChI=1S/C18H15F3N4O2.CH2O.CH4/c1-23-15-9-25(24-16(15)17(22)27)11-5-6-13(14(8-11)18(19,20)21)10-3-2-4-12(26)7-10;1-2;/h2-9,23,26H,1H3,(H2,22,27);1H2;1H4. The molecular weight excluding hydrogens is 401 g/mol. The molecule has 0 aliphatic carbocycles. The number of nitrogens with two attached hydrogens (primary N) is 1. The minimum Gasteiger partial charge on any atom is -0.508 e. The van der Waals surface area contributed by atoms with Crippen molar-refractivity contribution in [3.8, 4) is 22.6 Å². The van der Waals surface area contributed by atoms with Gasteiger partial charge in [0.05, 0.1) is 23.1 Å². The molecule has 1 amide bonds. The Kier molecular flexibility index (Phi) is 7.74. The highest BCUT2D eigenvalue weighted by atomic mass is 19.4. The van der Waals surface area contributed by atoms with Gasteiger partial charge in [-0.2, -0.15) is 18.3 Å². The molecule has 0 aliphatic rings. The van der Waals surface area contributed by atoms with E-state index in [0.717, 1.165) is 10.7 Å². The van der Waals surface area contributed by atoms with Gasteiger partial charge in [-0.1, -0.05) is 25.6 Å². The lowest BCUT2D eigenvalue weighted by Crippen LogP contribution is -2.14. The average Bonchev–Trinajstić information content (AvgIpc) is 3.13. The number of phenolic OH excluding ortho intramolecular Hbond substituents is 1. The molecular formula is C20H21F3N4O3. The summed E-state index contributed by atoms with van der Waals surface area (Å²) >= 11 is 0. The van der Waals surface area contributed by atoms with Crippen LogP contribution in [0.4, 0.5) is 18.9 Å². The number of phenols is 1. The van der Waals surface area contributed by atoms with E-state index in [1.807, 2.05) is 6.79 Å². The molecule has 0 radical (unpaired) electrons. The second-order valence-electron chi connectivity index (χ2n) is 5.73. The molecule has 3 aromatic rings. The summed E-state index contributed by atoms with van der Waals surface area (Å²) in [5.41, 5.74) is 4.81. The number of halogens is 3. The fourth-order valence-electron chi connectivity index (χ4n) is 2.71. The third-order valence-corrected chi connectivity index (χ3v) is 3.95. The molecule has 4 N–H and O–H groups in total. The molecule has 0 fully saturated rings.